The smallest absolute Gasteiger partial charge is 0.253 e. The highest BCUT2D eigenvalue weighted by molar-refractivity contribution is 5.94. The van der Waals surface area contributed by atoms with E-state index in [-0.39, 0.29) is 5.91 Å². The largest absolute Gasteiger partial charge is 0.339 e. The molecule has 0 saturated carbocycles. The fourth-order valence-electron chi connectivity index (χ4n) is 4.05. The first-order chi connectivity index (χ1) is 11.7. The summed E-state index contributed by atoms with van der Waals surface area (Å²) in [5.74, 6) is 1.66. The highest BCUT2D eigenvalue weighted by Crippen LogP contribution is 2.23. The highest BCUT2D eigenvalue weighted by Gasteiger charge is 2.26. The lowest BCUT2D eigenvalue weighted by molar-refractivity contribution is 0.0652. The van der Waals surface area contributed by atoms with Crippen LogP contribution < -0.4 is 5.73 Å². The fraction of sp³-hybridized carbons (Fsp3) is 0.650. The SMILES string of the molecule is Cc1cccc(C(=O)N2CCC(CN3CCC(CN)CC3)CC2)c1. The van der Waals surface area contributed by atoms with Crippen molar-refractivity contribution < 1.29 is 4.79 Å². The molecular formula is C20H31N3O. The van der Waals surface area contributed by atoms with Gasteiger partial charge < -0.3 is 15.5 Å². The van der Waals surface area contributed by atoms with Crippen LogP contribution in [0.5, 0.6) is 0 Å². The van der Waals surface area contributed by atoms with E-state index in [0.29, 0.717) is 0 Å². The van der Waals surface area contributed by atoms with Crippen molar-refractivity contribution in [2.45, 2.75) is 32.6 Å². The lowest BCUT2D eigenvalue weighted by Crippen LogP contribution is -2.43. The van der Waals surface area contributed by atoms with Crippen LogP contribution in [0.15, 0.2) is 24.3 Å². The molecule has 132 valence electrons. The van der Waals surface area contributed by atoms with E-state index in [2.05, 4.69) is 4.90 Å². The molecule has 1 aromatic rings. The van der Waals surface area contributed by atoms with Crippen molar-refractivity contribution in [2.24, 2.45) is 17.6 Å². The maximum absolute atomic E-state index is 12.6. The normalized spacial score (nSPS) is 21.2. The number of carbonyl (C=O) groups excluding carboxylic acids is 1. The zero-order valence-electron chi connectivity index (χ0n) is 14.9. The number of rotatable bonds is 4. The summed E-state index contributed by atoms with van der Waals surface area (Å²) in [6.45, 7) is 8.27. The number of nitrogens with two attached hydrogens (primary N) is 1. The zero-order valence-corrected chi connectivity index (χ0v) is 14.9. The Morgan fingerprint density at radius 2 is 1.75 bits per heavy atom. The van der Waals surface area contributed by atoms with Gasteiger partial charge in [0.25, 0.3) is 5.91 Å². The summed E-state index contributed by atoms with van der Waals surface area (Å²) in [4.78, 5) is 17.3. The number of piperidine rings is 2. The van der Waals surface area contributed by atoms with E-state index >= 15 is 0 Å². The molecule has 1 amide bonds. The third-order valence-electron chi connectivity index (χ3n) is 5.72. The van der Waals surface area contributed by atoms with Crippen LogP contribution in [-0.2, 0) is 0 Å². The summed E-state index contributed by atoms with van der Waals surface area (Å²) >= 11 is 0. The van der Waals surface area contributed by atoms with Gasteiger partial charge in [-0.1, -0.05) is 17.7 Å². The second-order valence-corrected chi connectivity index (χ2v) is 7.58. The highest BCUT2D eigenvalue weighted by atomic mass is 16.2. The van der Waals surface area contributed by atoms with E-state index in [9.17, 15) is 4.79 Å². The van der Waals surface area contributed by atoms with Gasteiger partial charge in [0.1, 0.15) is 0 Å². The van der Waals surface area contributed by atoms with Crippen LogP contribution in [0.3, 0.4) is 0 Å². The van der Waals surface area contributed by atoms with Crippen molar-refractivity contribution in [3.63, 3.8) is 0 Å². The van der Waals surface area contributed by atoms with Gasteiger partial charge in [0, 0.05) is 25.2 Å². The fourth-order valence-corrected chi connectivity index (χ4v) is 4.05. The number of benzene rings is 1. The van der Waals surface area contributed by atoms with Crippen molar-refractivity contribution in [1.82, 2.24) is 9.80 Å². The minimum absolute atomic E-state index is 0.195. The van der Waals surface area contributed by atoms with Gasteiger partial charge >= 0.3 is 0 Å². The Kier molecular flexibility index (Phi) is 5.90. The van der Waals surface area contributed by atoms with Crippen LogP contribution in [0.2, 0.25) is 0 Å². The molecule has 2 N–H and O–H groups in total. The number of aryl methyl sites for hydroxylation is 1. The molecule has 0 atom stereocenters. The van der Waals surface area contributed by atoms with Gasteiger partial charge in [-0.15, -0.1) is 0 Å². The number of hydrogen-bond donors (Lipinski definition) is 1. The Hall–Kier alpha value is -1.39. The lowest BCUT2D eigenvalue weighted by Gasteiger charge is -2.37. The second kappa shape index (κ2) is 8.13. The van der Waals surface area contributed by atoms with E-state index in [1.54, 1.807) is 0 Å². The Bertz CT molecular complexity index is 544. The number of hydrogen-bond acceptors (Lipinski definition) is 3. The monoisotopic (exact) mass is 329 g/mol. The summed E-state index contributed by atoms with van der Waals surface area (Å²) in [6.07, 6.45) is 4.77. The third kappa shape index (κ3) is 4.37. The van der Waals surface area contributed by atoms with E-state index < -0.39 is 0 Å². The van der Waals surface area contributed by atoms with Gasteiger partial charge in [-0.3, -0.25) is 4.79 Å². The van der Waals surface area contributed by atoms with E-state index in [1.165, 1.54) is 32.5 Å². The number of amides is 1. The standard InChI is InChI=1S/C20H31N3O/c1-16-3-2-4-19(13-16)20(24)23-11-7-18(8-12-23)15-22-9-5-17(14-21)6-10-22/h2-4,13,17-18H,5-12,14-15,21H2,1H3. The van der Waals surface area contributed by atoms with E-state index in [4.69, 9.17) is 5.73 Å². The van der Waals surface area contributed by atoms with Crippen molar-refractivity contribution in [3.05, 3.63) is 35.4 Å². The van der Waals surface area contributed by atoms with Crippen LogP contribution in [0, 0.1) is 18.8 Å². The summed E-state index contributed by atoms with van der Waals surface area (Å²) in [5.41, 5.74) is 7.76. The molecule has 24 heavy (non-hydrogen) atoms. The minimum Gasteiger partial charge on any atom is -0.339 e. The molecule has 0 radical (unpaired) electrons. The average molecular weight is 329 g/mol. The Balaban J connectivity index is 1.45. The molecule has 0 aliphatic carbocycles. The van der Waals surface area contributed by atoms with Crippen molar-refractivity contribution in [2.75, 3.05) is 39.3 Å². The van der Waals surface area contributed by atoms with Crippen LogP contribution in [0.4, 0.5) is 0 Å². The van der Waals surface area contributed by atoms with Gasteiger partial charge in [0.2, 0.25) is 0 Å². The molecule has 1 aromatic carbocycles. The topological polar surface area (TPSA) is 49.6 Å². The molecule has 2 saturated heterocycles. The van der Waals surface area contributed by atoms with Crippen LogP contribution >= 0.6 is 0 Å². The van der Waals surface area contributed by atoms with Gasteiger partial charge in [0.05, 0.1) is 0 Å². The molecule has 2 fully saturated rings. The van der Waals surface area contributed by atoms with Crippen molar-refractivity contribution >= 4 is 5.91 Å². The van der Waals surface area contributed by atoms with Crippen LogP contribution in [0.1, 0.15) is 41.6 Å². The lowest BCUT2D eigenvalue weighted by atomic mass is 9.92. The number of carbonyl (C=O) groups is 1. The summed E-state index contributed by atoms with van der Waals surface area (Å²) in [6, 6.07) is 7.94. The third-order valence-corrected chi connectivity index (χ3v) is 5.72. The molecule has 0 bridgehead atoms. The Morgan fingerprint density at radius 3 is 2.38 bits per heavy atom. The molecule has 2 heterocycles. The first-order valence-electron chi connectivity index (χ1n) is 9.44. The molecule has 4 nitrogen and oxygen atoms in total. The Morgan fingerprint density at radius 1 is 1.08 bits per heavy atom. The molecule has 0 aromatic heterocycles. The van der Waals surface area contributed by atoms with Gasteiger partial charge in [-0.05, 0) is 76.2 Å². The van der Waals surface area contributed by atoms with Crippen LogP contribution in [0.25, 0.3) is 0 Å². The molecule has 2 aliphatic rings. The predicted octanol–water partition coefficient (Wildman–Crippen LogP) is 2.52. The molecule has 2 aliphatic heterocycles. The first-order valence-corrected chi connectivity index (χ1v) is 9.44. The van der Waals surface area contributed by atoms with Crippen molar-refractivity contribution in [1.29, 1.82) is 0 Å². The van der Waals surface area contributed by atoms with E-state index in [1.807, 2.05) is 36.1 Å². The molecular weight excluding hydrogens is 298 g/mol. The van der Waals surface area contributed by atoms with Crippen molar-refractivity contribution in [3.8, 4) is 0 Å². The second-order valence-electron chi connectivity index (χ2n) is 7.58. The maximum Gasteiger partial charge on any atom is 0.253 e. The Labute approximate surface area is 146 Å². The van der Waals surface area contributed by atoms with Gasteiger partial charge in [0.15, 0.2) is 0 Å². The number of nitrogens with zero attached hydrogens (tertiary/aromatic N) is 2. The zero-order chi connectivity index (χ0) is 16.9. The number of likely N-dealkylation sites (tertiary alicyclic amines) is 2. The summed E-state index contributed by atoms with van der Waals surface area (Å²) < 4.78 is 0. The van der Waals surface area contributed by atoms with E-state index in [0.717, 1.165) is 55.4 Å². The first kappa shape index (κ1) is 17.4. The van der Waals surface area contributed by atoms with Gasteiger partial charge in [-0.25, -0.2) is 0 Å². The summed E-state index contributed by atoms with van der Waals surface area (Å²) in [7, 11) is 0. The molecule has 3 rings (SSSR count). The minimum atomic E-state index is 0.195. The summed E-state index contributed by atoms with van der Waals surface area (Å²) in [5, 5.41) is 0. The predicted molar refractivity (Wildman–Crippen MR) is 98.0 cm³/mol. The van der Waals surface area contributed by atoms with Gasteiger partial charge in [-0.2, -0.15) is 0 Å². The maximum atomic E-state index is 12.6. The molecule has 4 heteroatoms. The molecule has 0 spiro atoms. The quantitative estimate of drug-likeness (QED) is 0.923. The molecule has 0 unspecified atom stereocenters. The average Bonchev–Trinajstić information content (AvgIpc) is 2.62. The van der Waals surface area contributed by atoms with Crippen LogP contribution in [-0.4, -0.2) is 55.0 Å².